The maximum atomic E-state index is 14.2. The van der Waals surface area contributed by atoms with E-state index in [9.17, 15) is 13.6 Å². The average Bonchev–Trinajstić information content (AvgIpc) is 3.26. The SMILES string of the molecule is O=C(NC1CC(C2CCCC(F)C2F)NN1)[C@H]1CCCC2NNCC21. The van der Waals surface area contributed by atoms with Crippen LogP contribution in [0.25, 0.3) is 0 Å². The summed E-state index contributed by atoms with van der Waals surface area (Å²) >= 11 is 0. The van der Waals surface area contributed by atoms with E-state index in [2.05, 4.69) is 27.0 Å². The van der Waals surface area contributed by atoms with Crippen molar-refractivity contribution < 1.29 is 13.6 Å². The number of hydrogen-bond acceptors (Lipinski definition) is 5. The van der Waals surface area contributed by atoms with E-state index >= 15 is 0 Å². The van der Waals surface area contributed by atoms with Crippen molar-refractivity contribution in [3.05, 3.63) is 0 Å². The standard InChI is InChI=1S/C17H29F2N5O/c18-12-5-1-4-10(16(12)19)14-7-15(24-23-14)21-17(25)9-3-2-6-13-11(9)8-20-22-13/h9-16,20,22-24H,1-8H2,(H,21,25)/t9-,10?,11?,12?,13?,14?,15?,16?/m0/s1. The summed E-state index contributed by atoms with van der Waals surface area (Å²) in [4.78, 5) is 12.7. The van der Waals surface area contributed by atoms with Crippen LogP contribution < -0.4 is 27.0 Å². The van der Waals surface area contributed by atoms with E-state index in [1.807, 2.05) is 0 Å². The average molecular weight is 357 g/mol. The van der Waals surface area contributed by atoms with Crippen molar-refractivity contribution in [1.82, 2.24) is 27.0 Å². The molecule has 142 valence electrons. The molecule has 0 aromatic carbocycles. The van der Waals surface area contributed by atoms with E-state index in [0.29, 0.717) is 31.2 Å². The lowest BCUT2D eigenvalue weighted by Gasteiger charge is -2.33. The number of carbonyl (C=O) groups excluding carboxylic acids is 1. The Morgan fingerprint density at radius 2 is 1.76 bits per heavy atom. The lowest BCUT2D eigenvalue weighted by atomic mass is 9.76. The van der Waals surface area contributed by atoms with Gasteiger partial charge < -0.3 is 5.32 Å². The number of rotatable bonds is 3. The number of fused-ring (bicyclic) bond motifs is 1. The third-order valence-corrected chi connectivity index (χ3v) is 6.56. The molecule has 2 aliphatic carbocycles. The summed E-state index contributed by atoms with van der Waals surface area (Å²) in [6.07, 6.45) is 2.45. The number of carbonyl (C=O) groups is 1. The molecule has 0 radical (unpaired) electrons. The Hall–Kier alpha value is -0.830. The minimum atomic E-state index is -1.41. The van der Waals surface area contributed by atoms with Gasteiger partial charge >= 0.3 is 0 Å². The van der Waals surface area contributed by atoms with Crippen molar-refractivity contribution in [2.45, 2.75) is 75.5 Å². The Balaban J connectivity index is 1.31. The molecular formula is C17H29F2N5O. The molecule has 0 bridgehead atoms. The molecule has 2 saturated carbocycles. The first-order valence-corrected chi connectivity index (χ1v) is 9.71. The van der Waals surface area contributed by atoms with Crippen LogP contribution in [0, 0.1) is 17.8 Å². The van der Waals surface area contributed by atoms with Crippen molar-refractivity contribution in [3.63, 3.8) is 0 Å². The number of hydrazine groups is 2. The zero-order chi connectivity index (χ0) is 17.4. The highest BCUT2D eigenvalue weighted by Crippen LogP contribution is 2.35. The fourth-order valence-electron chi connectivity index (χ4n) is 5.16. The zero-order valence-electron chi connectivity index (χ0n) is 14.4. The van der Waals surface area contributed by atoms with Gasteiger partial charge in [0.1, 0.15) is 12.3 Å². The highest BCUT2D eigenvalue weighted by atomic mass is 19.2. The Morgan fingerprint density at radius 1 is 0.920 bits per heavy atom. The lowest BCUT2D eigenvalue weighted by Crippen LogP contribution is -2.50. The molecule has 8 heteroatoms. The van der Waals surface area contributed by atoms with Crippen LogP contribution in [0.15, 0.2) is 0 Å². The maximum absolute atomic E-state index is 14.2. The van der Waals surface area contributed by atoms with Crippen LogP contribution in [-0.2, 0) is 4.79 Å². The van der Waals surface area contributed by atoms with Crippen LogP contribution >= 0.6 is 0 Å². The second-order valence-corrected chi connectivity index (χ2v) is 8.08. The highest BCUT2D eigenvalue weighted by molar-refractivity contribution is 5.79. The van der Waals surface area contributed by atoms with Gasteiger partial charge in [-0.25, -0.2) is 14.2 Å². The molecule has 7 unspecified atom stereocenters. The number of amides is 1. The van der Waals surface area contributed by atoms with Gasteiger partial charge in [0.25, 0.3) is 0 Å². The Kier molecular flexibility index (Phi) is 5.22. The summed E-state index contributed by atoms with van der Waals surface area (Å²) in [6, 6.07) is 0.246. The molecule has 8 atom stereocenters. The van der Waals surface area contributed by atoms with Crippen LogP contribution in [0.3, 0.4) is 0 Å². The second-order valence-electron chi connectivity index (χ2n) is 8.08. The fraction of sp³-hybridized carbons (Fsp3) is 0.941. The van der Waals surface area contributed by atoms with Gasteiger partial charge in [-0.1, -0.05) is 6.42 Å². The molecule has 25 heavy (non-hydrogen) atoms. The number of halogens is 2. The van der Waals surface area contributed by atoms with Crippen molar-refractivity contribution in [1.29, 1.82) is 0 Å². The molecule has 2 aliphatic heterocycles. The van der Waals surface area contributed by atoms with Crippen molar-refractivity contribution >= 4 is 5.91 Å². The minimum absolute atomic E-state index is 0.0147. The van der Waals surface area contributed by atoms with Gasteiger partial charge in [-0.05, 0) is 38.5 Å². The quantitative estimate of drug-likeness (QED) is 0.513. The van der Waals surface area contributed by atoms with E-state index in [0.717, 1.165) is 32.2 Å². The molecule has 0 spiro atoms. The van der Waals surface area contributed by atoms with E-state index in [-0.39, 0.29) is 30.0 Å². The molecule has 4 rings (SSSR count). The van der Waals surface area contributed by atoms with Crippen LogP contribution in [0.2, 0.25) is 0 Å². The first kappa shape index (κ1) is 17.6. The monoisotopic (exact) mass is 357 g/mol. The highest BCUT2D eigenvalue weighted by Gasteiger charge is 2.43. The van der Waals surface area contributed by atoms with Gasteiger partial charge in [0.2, 0.25) is 5.91 Å². The Morgan fingerprint density at radius 3 is 2.64 bits per heavy atom. The van der Waals surface area contributed by atoms with E-state index in [1.54, 1.807) is 0 Å². The van der Waals surface area contributed by atoms with Crippen LogP contribution in [0.4, 0.5) is 8.78 Å². The molecule has 2 heterocycles. The summed E-state index contributed by atoms with van der Waals surface area (Å²) in [5.41, 5.74) is 12.6. The van der Waals surface area contributed by atoms with Gasteiger partial charge in [0, 0.05) is 36.4 Å². The van der Waals surface area contributed by atoms with Gasteiger partial charge in [-0.2, -0.15) is 0 Å². The molecule has 0 aromatic heterocycles. The van der Waals surface area contributed by atoms with Crippen molar-refractivity contribution in [2.24, 2.45) is 17.8 Å². The number of hydrogen-bond donors (Lipinski definition) is 5. The van der Waals surface area contributed by atoms with Gasteiger partial charge in [-0.15, -0.1) is 0 Å². The summed E-state index contributed by atoms with van der Waals surface area (Å²) in [6.45, 7) is 0.825. The number of nitrogens with one attached hydrogen (secondary N) is 5. The van der Waals surface area contributed by atoms with Gasteiger partial charge in [0.15, 0.2) is 0 Å². The topological polar surface area (TPSA) is 77.2 Å². The fourth-order valence-corrected chi connectivity index (χ4v) is 5.16. The lowest BCUT2D eigenvalue weighted by molar-refractivity contribution is -0.128. The van der Waals surface area contributed by atoms with Gasteiger partial charge in [0.05, 0.1) is 6.17 Å². The van der Waals surface area contributed by atoms with Crippen LogP contribution in [-0.4, -0.2) is 43.0 Å². The molecule has 4 aliphatic rings. The predicted octanol–water partition coefficient (Wildman–Crippen LogP) is 0.664. The largest absolute Gasteiger partial charge is 0.339 e. The first-order valence-electron chi connectivity index (χ1n) is 9.71. The van der Waals surface area contributed by atoms with Crippen molar-refractivity contribution in [2.75, 3.05) is 6.54 Å². The Labute approximate surface area is 147 Å². The van der Waals surface area contributed by atoms with Crippen LogP contribution in [0.5, 0.6) is 0 Å². The maximum Gasteiger partial charge on any atom is 0.224 e. The predicted molar refractivity (Wildman–Crippen MR) is 89.5 cm³/mol. The number of alkyl halides is 2. The van der Waals surface area contributed by atoms with Crippen LogP contribution in [0.1, 0.15) is 44.9 Å². The molecular weight excluding hydrogens is 328 g/mol. The minimum Gasteiger partial charge on any atom is -0.339 e. The van der Waals surface area contributed by atoms with Gasteiger partial charge in [-0.3, -0.25) is 21.1 Å². The molecule has 2 saturated heterocycles. The van der Waals surface area contributed by atoms with E-state index < -0.39 is 12.3 Å². The summed E-state index contributed by atoms with van der Waals surface area (Å²) in [5.74, 6) is 0.102. The van der Waals surface area contributed by atoms with E-state index in [1.165, 1.54) is 0 Å². The van der Waals surface area contributed by atoms with E-state index in [4.69, 9.17) is 0 Å². The third-order valence-electron chi connectivity index (χ3n) is 6.56. The third kappa shape index (κ3) is 3.54. The van der Waals surface area contributed by atoms with Crippen molar-refractivity contribution in [3.8, 4) is 0 Å². The summed E-state index contributed by atoms with van der Waals surface area (Å²) in [5, 5.41) is 3.07. The first-order chi connectivity index (χ1) is 12.1. The molecule has 4 fully saturated rings. The summed E-state index contributed by atoms with van der Waals surface area (Å²) < 4.78 is 27.8. The molecule has 5 N–H and O–H groups in total. The molecule has 0 aromatic rings. The smallest absolute Gasteiger partial charge is 0.224 e. The Bertz CT molecular complexity index is 496. The second kappa shape index (κ2) is 7.42. The zero-order valence-corrected chi connectivity index (χ0v) is 14.4. The summed E-state index contributed by atoms with van der Waals surface area (Å²) in [7, 11) is 0. The molecule has 6 nitrogen and oxygen atoms in total. The molecule has 1 amide bonds. The normalized spacial score (nSPS) is 47.4.